The standard InChI is InChI=1S/C27H14N2O2/c1-2-7-17-16(6-1)25-20(29-12-11-28-27(17)29)9-10-22-26(25)19-14-23-18(13-24(19)31-22)15-5-3-4-8-21(15)30-23/h1-14H. The normalized spacial score (nSPS) is 12.5. The Morgan fingerprint density at radius 2 is 1.32 bits per heavy atom. The van der Waals surface area contributed by atoms with Crippen LogP contribution < -0.4 is 0 Å². The van der Waals surface area contributed by atoms with Gasteiger partial charge < -0.3 is 8.83 Å². The maximum Gasteiger partial charge on any atom is 0.145 e. The molecular formula is C27H14N2O2. The first-order valence-electron chi connectivity index (χ1n) is 10.3. The van der Waals surface area contributed by atoms with E-state index in [2.05, 4.69) is 64.0 Å². The van der Waals surface area contributed by atoms with Crippen LogP contribution in [0.5, 0.6) is 0 Å². The molecule has 4 aromatic carbocycles. The minimum absolute atomic E-state index is 0.872. The molecular weight excluding hydrogens is 384 g/mol. The van der Waals surface area contributed by atoms with Crippen molar-refractivity contribution >= 4 is 71.2 Å². The van der Waals surface area contributed by atoms with E-state index in [0.29, 0.717) is 0 Å². The Morgan fingerprint density at radius 1 is 0.581 bits per heavy atom. The lowest BCUT2D eigenvalue weighted by Crippen LogP contribution is -1.90. The van der Waals surface area contributed by atoms with Crippen LogP contribution in [0, 0.1) is 0 Å². The molecule has 4 heterocycles. The SMILES string of the molecule is c1ccc2c(c1)oc1cc3c(cc12)oc1ccc2c(c4ccccc4c4nccn24)c13. The summed E-state index contributed by atoms with van der Waals surface area (Å²) in [5.41, 5.74) is 5.60. The molecule has 0 N–H and O–H groups in total. The molecule has 4 heteroatoms. The van der Waals surface area contributed by atoms with Crippen LogP contribution in [0.25, 0.3) is 71.2 Å². The second-order valence-electron chi connectivity index (χ2n) is 8.04. The molecule has 0 radical (unpaired) electrons. The number of benzene rings is 4. The zero-order valence-corrected chi connectivity index (χ0v) is 16.3. The third kappa shape index (κ3) is 1.83. The molecule has 8 aromatic rings. The number of pyridine rings is 1. The Hall–Kier alpha value is -4.31. The molecule has 0 bridgehead atoms. The van der Waals surface area contributed by atoms with Gasteiger partial charge in [-0.05, 0) is 35.7 Å². The van der Waals surface area contributed by atoms with Gasteiger partial charge in [-0.1, -0.05) is 42.5 Å². The number of hydrogen-bond acceptors (Lipinski definition) is 3. The monoisotopic (exact) mass is 398 g/mol. The molecule has 0 unspecified atom stereocenters. The van der Waals surface area contributed by atoms with E-state index in [0.717, 1.165) is 60.4 Å². The van der Waals surface area contributed by atoms with Crippen LogP contribution in [-0.2, 0) is 0 Å². The van der Waals surface area contributed by atoms with Gasteiger partial charge in [-0.25, -0.2) is 4.98 Å². The molecule has 0 amide bonds. The summed E-state index contributed by atoms with van der Waals surface area (Å²) >= 11 is 0. The molecule has 8 rings (SSSR count). The second kappa shape index (κ2) is 5.24. The number of imidazole rings is 1. The van der Waals surface area contributed by atoms with E-state index >= 15 is 0 Å². The highest BCUT2D eigenvalue weighted by Crippen LogP contribution is 2.41. The Labute approximate surface area is 174 Å². The largest absolute Gasteiger partial charge is 0.456 e. The van der Waals surface area contributed by atoms with Gasteiger partial charge in [0.1, 0.15) is 28.0 Å². The van der Waals surface area contributed by atoms with Gasteiger partial charge >= 0.3 is 0 Å². The summed E-state index contributed by atoms with van der Waals surface area (Å²) in [7, 11) is 0. The number of para-hydroxylation sites is 1. The molecule has 0 aliphatic rings. The molecule has 0 spiro atoms. The van der Waals surface area contributed by atoms with Gasteiger partial charge in [-0.15, -0.1) is 0 Å². The quantitative estimate of drug-likeness (QED) is 0.249. The smallest absolute Gasteiger partial charge is 0.145 e. The average Bonchev–Trinajstić information content (AvgIpc) is 3.52. The van der Waals surface area contributed by atoms with Gasteiger partial charge in [0.25, 0.3) is 0 Å². The first-order valence-corrected chi connectivity index (χ1v) is 10.3. The van der Waals surface area contributed by atoms with Gasteiger partial charge in [0.15, 0.2) is 0 Å². The molecule has 4 aromatic heterocycles. The van der Waals surface area contributed by atoms with Crippen molar-refractivity contribution in [2.24, 2.45) is 0 Å². The molecule has 31 heavy (non-hydrogen) atoms. The van der Waals surface area contributed by atoms with Crippen molar-refractivity contribution in [3.05, 3.63) is 85.2 Å². The van der Waals surface area contributed by atoms with Crippen LogP contribution in [0.4, 0.5) is 0 Å². The lowest BCUT2D eigenvalue weighted by atomic mass is 10.0. The zero-order chi connectivity index (χ0) is 20.1. The van der Waals surface area contributed by atoms with Crippen LogP contribution in [-0.4, -0.2) is 9.38 Å². The maximum atomic E-state index is 6.36. The molecule has 0 saturated carbocycles. The molecule has 0 fully saturated rings. The van der Waals surface area contributed by atoms with Crippen LogP contribution in [0.1, 0.15) is 0 Å². The summed E-state index contributed by atoms with van der Waals surface area (Å²) in [6, 6.07) is 25.0. The number of aromatic nitrogens is 2. The Balaban J connectivity index is 1.67. The predicted molar refractivity (Wildman–Crippen MR) is 125 cm³/mol. The van der Waals surface area contributed by atoms with E-state index in [1.807, 2.05) is 30.6 Å². The van der Waals surface area contributed by atoms with Gasteiger partial charge in [0, 0.05) is 44.7 Å². The van der Waals surface area contributed by atoms with E-state index in [4.69, 9.17) is 8.83 Å². The van der Waals surface area contributed by atoms with Gasteiger partial charge in [0.05, 0.1) is 5.52 Å². The van der Waals surface area contributed by atoms with Crippen LogP contribution >= 0.6 is 0 Å². The van der Waals surface area contributed by atoms with E-state index < -0.39 is 0 Å². The summed E-state index contributed by atoms with van der Waals surface area (Å²) < 4.78 is 14.7. The van der Waals surface area contributed by atoms with E-state index in [1.165, 1.54) is 10.8 Å². The number of nitrogens with zero attached hydrogens (tertiary/aromatic N) is 2. The summed E-state index contributed by atoms with van der Waals surface area (Å²) in [6.45, 7) is 0. The molecule has 144 valence electrons. The third-order valence-electron chi connectivity index (χ3n) is 6.45. The van der Waals surface area contributed by atoms with Crippen molar-refractivity contribution in [1.29, 1.82) is 0 Å². The number of fused-ring (bicyclic) bond motifs is 13. The fourth-order valence-electron chi connectivity index (χ4n) is 5.14. The highest BCUT2D eigenvalue weighted by atomic mass is 16.3. The van der Waals surface area contributed by atoms with Crippen molar-refractivity contribution in [2.75, 3.05) is 0 Å². The summed E-state index contributed by atoms with van der Waals surface area (Å²) in [5.74, 6) is 0. The van der Waals surface area contributed by atoms with E-state index in [-0.39, 0.29) is 0 Å². The topological polar surface area (TPSA) is 43.6 Å². The van der Waals surface area contributed by atoms with Crippen LogP contribution in [0.3, 0.4) is 0 Å². The van der Waals surface area contributed by atoms with Gasteiger partial charge in [0.2, 0.25) is 0 Å². The Bertz CT molecular complexity index is 2000. The zero-order valence-electron chi connectivity index (χ0n) is 16.3. The molecule has 0 atom stereocenters. The Kier molecular flexibility index (Phi) is 2.62. The van der Waals surface area contributed by atoms with E-state index in [1.54, 1.807) is 0 Å². The van der Waals surface area contributed by atoms with Crippen molar-refractivity contribution in [1.82, 2.24) is 9.38 Å². The summed E-state index contributed by atoms with van der Waals surface area (Å²) in [4.78, 5) is 4.62. The first-order chi connectivity index (χ1) is 15.4. The number of rotatable bonds is 0. The van der Waals surface area contributed by atoms with Crippen LogP contribution in [0.15, 0.2) is 94.0 Å². The second-order valence-corrected chi connectivity index (χ2v) is 8.04. The van der Waals surface area contributed by atoms with Crippen molar-refractivity contribution < 1.29 is 8.83 Å². The molecule has 4 nitrogen and oxygen atoms in total. The van der Waals surface area contributed by atoms with Crippen molar-refractivity contribution in [3.8, 4) is 0 Å². The number of hydrogen-bond donors (Lipinski definition) is 0. The van der Waals surface area contributed by atoms with Gasteiger partial charge in [-0.2, -0.15) is 0 Å². The fraction of sp³-hybridized carbons (Fsp3) is 0. The summed E-state index contributed by atoms with van der Waals surface area (Å²) in [6.07, 6.45) is 3.88. The third-order valence-corrected chi connectivity index (χ3v) is 6.45. The van der Waals surface area contributed by atoms with Crippen molar-refractivity contribution in [2.45, 2.75) is 0 Å². The lowest BCUT2D eigenvalue weighted by Gasteiger charge is -2.09. The number of furan rings is 2. The van der Waals surface area contributed by atoms with Crippen LogP contribution in [0.2, 0.25) is 0 Å². The minimum Gasteiger partial charge on any atom is -0.456 e. The molecule has 0 aliphatic carbocycles. The molecule has 0 saturated heterocycles. The minimum atomic E-state index is 0.872. The fourth-order valence-corrected chi connectivity index (χ4v) is 5.14. The summed E-state index contributed by atoms with van der Waals surface area (Å²) in [5, 5.41) is 7.84. The van der Waals surface area contributed by atoms with Gasteiger partial charge in [-0.3, -0.25) is 4.40 Å². The highest BCUT2D eigenvalue weighted by molar-refractivity contribution is 6.28. The highest BCUT2D eigenvalue weighted by Gasteiger charge is 2.18. The molecule has 0 aliphatic heterocycles. The maximum absolute atomic E-state index is 6.36. The van der Waals surface area contributed by atoms with Crippen molar-refractivity contribution in [3.63, 3.8) is 0 Å². The Morgan fingerprint density at radius 3 is 2.26 bits per heavy atom. The predicted octanol–water partition coefficient (Wildman–Crippen LogP) is 7.44. The lowest BCUT2D eigenvalue weighted by molar-refractivity contribution is 0.664. The average molecular weight is 398 g/mol. The first kappa shape index (κ1) is 15.5. The van der Waals surface area contributed by atoms with E-state index in [9.17, 15) is 0 Å².